The first-order chi connectivity index (χ1) is 11.0. The van der Waals surface area contributed by atoms with Gasteiger partial charge in [0.25, 0.3) is 6.43 Å². The van der Waals surface area contributed by atoms with Crippen molar-refractivity contribution in [1.29, 1.82) is 0 Å². The van der Waals surface area contributed by atoms with Gasteiger partial charge in [0.1, 0.15) is 0 Å². The van der Waals surface area contributed by atoms with Crippen LogP contribution in [0.25, 0.3) is 0 Å². The highest BCUT2D eigenvalue weighted by Gasteiger charge is 2.44. The van der Waals surface area contributed by atoms with Crippen molar-refractivity contribution in [2.45, 2.75) is 46.0 Å². The second-order valence-corrected chi connectivity index (χ2v) is 5.86. The van der Waals surface area contributed by atoms with Gasteiger partial charge < -0.3 is 9.47 Å². The Labute approximate surface area is 136 Å². The molecule has 7 heteroatoms. The molecule has 0 aromatic heterocycles. The molecule has 0 amide bonds. The molecule has 0 aliphatic carbocycles. The summed E-state index contributed by atoms with van der Waals surface area (Å²) in [4.78, 5) is 25.7. The molecule has 1 fully saturated rings. The van der Waals surface area contributed by atoms with E-state index in [9.17, 15) is 18.4 Å². The molecule has 1 saturated heterocycles. The zero-order valence-corrected chi connectivity index (χ0v) is 13.9. The minimum atomic E-state index is -2.50. The Balaban J connectivity index is 2.64. The van der Waals surface area contributed by atoms with Gasteiger partial charge in [0.2, 0.25) is 0 Å². The average Bonchev–Trinajstić information content (AvgIpc) is 2.90. The summed E-state index contributed by atoms with van der Waals surface area (Å²) in [7, 11) is 0. The number of hydrogen-bond acceptors (Lipinski definition) is 5. The molecule has 1 aliphatic rings. The fourth-order valence-electron chi connectivity index (χ4n) is 2.56. The summed E-state index contributed by atoms with van der Waals surface area (Å²) in [5.74, 6) is -2.43. The van der Waals surface area contributed by atoms with Gasteiger partial charge in [-0.25, -0.2) is 8.78 Å². The van der Waals surface area contributed by atoms with Crippen LogP contribution in [0.3, 0.4) is 0 Å². The summed E-state index contributed by atoms with van der Waals surface area (Å²) in [6.45, 7) is 4.31. The zero-order valence-electron chi connectivity index (χ0n) is 13.9. The first-order valence-corrected chi connectivity index (χ1v) is 8.33. The molecular formula is C16H27F2NO4. The third kappa shape index (κ3) is 6.81. The Hall–Kier alpha value is -1.24. The van der Waals surface area contributed by atoms with E-state index in [0.29, 0.717) is 0 Å². The number of likely N-dealkylation sites (tertiary alicyclic amines) is 1. The Morgan fingerprint density at radius 2 is 1.43 bits per heavy atom. The molecule has 0 saturated carbocycles. The fraction of sp³-hybridized carbons (Fsp3) is 0.875. The molecule has 0 aromatic rings. The van der Waals surface area contributed by atoms with Crippen molar-refractivity contribution in [3.8, 4) is 0 Å². The number of carbonyl (C=O) groups is 2. The van der Waals surface area contributed by atoms with Gasteiger partial charge in [0.05, 0.1) is 31.6 Å². The maximum atomic E-state index is 12.6. The lowest BCUT2D eigenvalue weighted by atomic mass is 9.96. The van der Waals surface area contributed by atoms with Crippen LogP contribution in [-0.4, -0.2) is 56.1 Å². The van der Waals surface area contributed by atoms with E-state index < -0.39 is 36.7 Å². The van der Waals surface area contributed by atoms with Crippen LogP contribution in [0.2, 0.25) is 0 Å². The van der Waals surface area contributed by atoms with E-state index in [0.717, 1.165) is 25.7 Å². The van der Waals surface area contributed by atoms with Crippen molar-refractivity contribution in [3.63, 3.8) is 0 Å². The van der Waals surface area contributed by atoms with E-state index >= 15 is 0 Å². The summed E-state index contributed by atoms with van der Waals surface area (Å²) in [5.41, 5.74) is 0. The summed E-state index contributed by atoms with van der Waals surface area (Å²) in [6, 6.07) is 0. The largest absolute Gasteiger partial charge is 0.465 e. The number of esters is 2. The number of unbranched alkanes of at least 4 members (excludes halogenated alkanes) is 2. The number of hydrogen-bond donors (Lipinski definition) is 0. The first kappa shape index (κ1) is 19.8. The van der Waals surface area contributed by atoms with E-state index in [4.69, 9.17) is 9.47 Å². The molecule has 134 valence electrons. The van der Waals surface area contributed by atoms with Crippen LogP contribution in [0.4, 0.5) is 8.78 Å². The molecular weight excluding hydrogens is 308 g/mol. The Kier molecular flexibility index (Phi) is 9.06. The maximum Gasteiger partial charge on any atom is 0.311 e. The van der Waals surface area contributed by atoms with Crippen LogP contribution in [0.15, 0.2) is 0 Å². The highest BCUT2D eigenvalue weighted by molar-refractivity contribution is 5.83. The lowest BCUT2D eigenvalue weighted by molar-refractivity contribution is -0.158. The maximum absolute atomic E-state index is 12.6. The molecule has 0 bridgehead atoms. The average molecular weight is 335 g/mol. The molecule has 1 heterocycles. The van der Waals surface area contributed by atoms with Gasteiger partial charge in [-0.05, 0) is 12.8 Å². The van der Waals surface area contributed by atoms with Crippen molar-refractivity contribution in [1.82, 2.24) is 4.90 Å². The molecule has 0 aromatic carbocycles. The first-order valence-electron chi connectivity index (χ1n) is 8.33. The fourth-order valence-corrected chi connectivity index (χ4v) is 2.56. The Morgan fingerprint density at radius 1 is 1.00 bits per heavy atom. The van der Waals surface area contributed by atoms with E-state index in [1.54, 1.807) is 0 Å². The smallest absolute Gasteiger partial charge is 0.311 e. The zero-order chi connectivity index (χ0) is 17.2. The number of nitrogens with zero attached hydrogens (tertiary/aromatic N) is 1. The van der Waals surface area contributed by atoms with Crippen molar-refractivity contribution < 1.29 is 27.8 Å². The van der Waals surface area contributed by atoms with E-state index in [1.165, 1.54) is 4.90 Å². The lowest BCUT2D eigenvalue weighted by Gasteiger charge is -2.16. The van der Waals surface area contributed by atoms with Crippen LogP contribution in [-0.2, 0) is 19.1 Å². The van der Waals surface area contributed by atoms with Crippen molar-refractivity contribution in [2.75, 3.05) is 32.8 Å². The molecule has 0 spiro atoms. The second-order valence-electron chi connectivity index (χ2n) is 5.86. The summed E-state index contributed by atoms with van der Waals surface area (Å²) in [5, 5.41) is 0. The number of carbonyl (C=O) groups excluding carboxylic acids is 2. The van der Waals surface area contributed by atoms with Crippen LogP contribution in [0.1, 0.15) is 39.5 Å². The molecule has 0 unspecified atom stereocenters. The predicted octanol–water partition coefficient (Wildman–Crippen LogP) is 2.49. The van der Waals surface area contributed by atoms with E-state index in [-0.39, 0.29) is 26.3 Å². The van der Waals surface area contributed by atoms with Gasteiger partial charge in [-0.1, -0.05) is 26.7 Å². The molecule has 1 rings (SSSR count). The van der Waals surface area contributed by atoms with Crippen LogP contribution in [0, 0.1) is 11.8 Å². The monoisotopic (exact) mass is 335 g/mol. The highest BCUT2D eigenvalue weighted by atomic mass is 19.3. The molecule has 5 nitrogen and oxygen atoms in total. The number of halogens is 2. The van der Waals surface area contributed by atoms with Crippen molar-refractivity contribution in [3.05, 3.63) is 0 Å². The minimum absolute atomic E-state index is 0.114. The molecule has 1 aliphatic heterocycles. The molecule has 0 N–H and O–H groups in total. The standard InChI is InChI=1S/C16H27F2NO4/c1-3-5-7-22-15(20)12-9-19(11-14(17)18)10-13(12)16(21)23-8-6-4-2/h12-14H,3-11H2,1-2H3/t12-,13+. The molecule has 2 atom stereocenters. The van der Waals surface area contributed by atoms with Crippen LogP contribution < -0.4 is 0 Å². The van der Waals surface area contributed by atoms with Crippen LogP contribution >= 0.6 is 0 Å². The van der Waals surface area contributed by atoms with Gasteiger partial charge in [-0.15, -0.1) is 0 Å². The van der Waals surface area contributed by atoms with Crippen molar-refractivity contribution in [2.24, 2.45) is 11.8 Å². The highest BCUT2D eigenvalue weighted by Crippen LogP contribution is 2.27. The van der Waals surface area contributed by atoms with Gasteiger partial charge in [0.15, 0.2) is 0 Å². The molecule has 0 radical (unpaired) electrons. The predicted molar refractivity (Wildman–Crippen MR) is 81.2 cm³/mol. The van der Waals surface area contributed by atoms with E-state index in [1.807, 2.05) is 13.8 Å². The quantitative estimate of drug-likeness (QED) is 0.453. The summed E-state index contributed by atoms with van der Waals surface area (Å²) < 4.78 is 35.5. The van der Waals surface area contributed by atoms with Crippen LogP contribution in [0.5, 0.6) is 0 Å². The Bertz CT molecular complexity index is 349. The second kappa shape index (κ2) is 10.5. The Morgan fingerprint density at radius 3 is 1.78 bits per heavy atom. The summed E-state index contributed by atoms with van der Waals surface area (Å²) >= 11 is 0. The third-order valence-electron chi connectivity index (χ3n) is 3.88. The van der Waals surface area contributed by atoms with Crippen molar-refractivity contribution >= 4 is 11.9 Å². The SMILES string of the molecule is CCCCOC(=O)[C@H]1CN(CC(F)F)C[C@H]1C(=O)OCCCC. The number of ether oxygens (including phenoxy) is 2. The van der Waals surface area contributed by atoms with E-state index in [2.05, 4.69) is 0 Å². The lowest BCUT2D eigenvalue weighted by Crippen LogP contribution is -2.31. The topological polar surface area (TPSA) is 55.8 Å². The normalized spacial score (nSPS) is 21.6. The molecule has 23 heavy (non-hydrogen) atoms. The summed E-state index contributed by atoms with van der Waals surface area (Å²) in [6.07, 6.45) is 0.757. The van der Waals surface area contributed by atoms with Gasteiger partial charge in [-0.3, -0.25) is 14.5 Å². The number of alkyl halides is 2. The van der Waals surface area contributed by atoms with Gasteiger partial charge in [0, 0.05) is 13.1 Å². The third-order valence-corrected chi connectivity index (χ3v) is 3.88. The number of rotatable bonds is 10. The van der Waals surface area contributed by atoms with Gasteiger partial charge >= 0.3 is 11.9 Å². The minimum Gasteiger partial charge on any atom is -0.465 e. The van der Waals surface area contributed by atoms with Gasteiger partial charge in [-0.2, -0.15) is 0 Å².